The van der Waals surface area contributed by atoms with Crippen molar-refractivity contribution >= 4 is 5.78 Å². The van der Waals surface area contributed by atoms with Crippen molar-refractivity contribution in [1.29, 1.82) is 0 Å². The molecule has 0 aromatic rings. The van der Waals surface area contributed by atoms with Gasteiger partial charge in [-0.3, -0.25) is 4.79 Å². The van der Waals surface area contributed by atoms with E-state index in [1.807, 2.05) is 0 Å². The van der Waals surface area contributed by atoms with Crippen LogP contribution in [0.25, 0.3) is 0 Å². The van der Waals surface area contributed by atoms with E-state index in [1.165, 1.54) is 25.9 Å². The number of Topliss-reactive ketones (excluding diaryl/α,β-unsaturated/α-hetero) is 1. The molecular formula is C10H17NO2. The average molecular weight is 183 g/mol. The minimum atomic E-state index is 0.159. The molecule has 2 saturated heterocycles. The van der Waals surface area contributed by atoms with E-state index in [1.54, 1.807) is 0 Å². The predicted molar refractivity (Wildman–Crippen MR) is 49.6 cm³/mol. The average Bonchev–Trinajstić information content (AvgIpc) is 2.61. The molecule has 0 saturated carbocycles. The van der Waals surface area contributed by atoms with Gasteiger partial charge in [0.1, 0.15) is 5.78 Å². The van der Waals surface area contributed by atoms with Gasteiger partial charge in [0.25, 0.3) is 0 Å². The van der Waals surface area contributed by atoms with Gasteiger partial charge >= 0.3 is 0 Å². The maximum Gasteiger partial charge on any atom is 0.141 e. The van der Waals surface area contributed by atoms with Gasteiger partial charge in [0.15, 0.2) is 0 Å². The van der Waals surface area contributed by atoms with Crippen LogP contribution < -0.4 is 0 Å². The number of ketones is 1. The molecule has 1 atom stereocenters. The molecule has 1 unspecified atom stereocenters. The van der Waals surface area contributed by atoms with E-state index in [0.29, 0.717) is 25.4 Å². The van der Waals surface area contributed by atoms with E-state index in [4.69, 9.17) is 4.74 Å². The number of hydrogen-bond donors (Lipinski definition) is 0. The topological polar surface area (TPSA) is 29.5 Å². The first kappa shape index (κ1) is 9.16. The van der Waals surface area contributed by atoms with Crippen LogP contribution in [0.4, 0.5) is 0 Å². The largest absolute Gasteiger partial charge is 0.380 e. The highest BCUT2D eigenvalue weighted by molar-refractivity contribution is 5.82. The number of rotatable bonds is 2. The van der Waals surface area contributed by atoms with Crippen LogP contribution >= 0.6 is 0 Å². The Labute approximate surface area is 79.0 Å². The molecule has 0 radical (unpaired) electrons. The molecule has 0 bridgehead atoms. The van der Waals surface area contributed by atoms with Gasteiger partial charge < -0.3 is 9.64 Å². The zero-order valence-electron chi connectivity index (χ0n) is 8.00. The fraction of sp³-hybridized carbons (Fsp3) is 0.900. The summed E-state index contributed by atoms with van der Waals surface area (Å²) >= 11 is 0. The Morgan fingerprint density at radius 1 is 1.38 bits per heavy atom. The fourth-order valence-electron chi connectivity index (χ4n) is 2.13. The second kappa shape index (κ2) is 4.20. The van der Waals surface area contributed by atoms with Gasteiger partial charge in [-0.25, -0.2) is 0 Å². The smallest absolute Gasteiger partial charge is 0.141 e. The first-order valence-electron chi connectivity index (χ1n) is 5.19. The van der Waals surface area contributed by atoms with Crippen molar-refractivity contribution in [2.24, 2.45) is 5.92 Å². The zero-order valence-corrected chi connectivity index (χ0v) is 8.00. The van der Waals surface area contributed by atoms with Crippen LogP contribution in [0.2, 0.25) is 0 Å². The molecule has 2 fully saturated rings. The third-order valence-corrected chi connectivity index (χ3v) is 2.94. The molecule has 3 nitrogen and oxygen atoms in total. The van der Waals surface area contributed by atoms with Crippen molar-refractivity contribution in [3.05, 3.63) is 0 Å². The Hall–Kier alpha value is -0.410. The van der Waals surface area contributed by atoms with Gasteiger partial charge in [-0.05, 0) is 25.9 Å². The molecule has 0 aromatic heterocycles. The lowest BCUT2D eigenvalue weighted by atomic mass is 10.0. The molecule has 3 heteroatoms. The Morgan fingerprint density at radius 3 is 2.85 bits per heavy atom. The number of ether oxygens (including phenoxy) is 1. The first-order valence-corrected chi connectivity index (χ1v) is 5.19. The number of hydrogen-bond acceptors (Lipinski definition) is 3. The lowest BCUT2D eigenvalue weighted by molar-refractivity contribution is -0.131. The van der Waals surface area contributed by atoms with Gasteiger partial charge in [-0.1, -0.05) is 0 Å². The van der Waals surface area contributed by atoms with Crippen molar-refractivity contribution in [3.63, 3.8) is 0 Å². The highest BCUT2D eigenvalue weighted by Crippen LogP contribution is 2.15. The summed E-state index contributed by atoms with van der Waals surface area (Å²) in [4.78, 5) is 13.9. The van der Waals surface area contributed by atoms with E-state index in [9.17, 15) is 4.79 Å². The standard InChI is InChI=1S/C10H17NO2/c12-10-3-6-13-8-9(10)7-11-4-1-2-5-11/h9H,1-8H2. The highest BCUT2D eigenvalue weighted by Gasteiger charge is 2.25. The second-order valence-corrected chi connectivity index (χ2v) is 4.00. The summed E-state index contributed by atoms with van der Waals surface area (Å²) in [6, 6.07) is 0. The summed E-state index contributed by atoms with van der Waals surface area (Å²) < 4.78 is 5.32. The highest BCUT2D eigenvalue weighted by atomic mass is 16.5. The molecule has 13 heavy (non-hydrogen) atoms. The first-order chi connectivity index (χ1) is 6.36. The zero-order chi connectivity index (χ0) is 9.10. The van der Waals surface area contributed by atoms with Crippen molar-refractivity contribution < 1.29 is 9.53 Å². The third-order valence-electron chi connectivity index (χ3n) is 2.94. The third kappa shape index (κ3) is 2.29. The van der Waals surface area contributed by atoms with Gasteiger partial charge in [-0.15, -0.1) is 0 Å². The summed E-state index contributed by atoms with van der Waals surface area (Å²) in [5.74, 6) is 0.560. The van der Waals surface area contributed by atoms with Crippen LogP contribution in [0.15, 0.2) is 0 Å². The molecule has 0 aromatic carbocycles. The Morgan fingerprint density at radius 2 is 2.15 bits per heavy atom. The van der Waals surface area contributed by atoms with Crippen LogP contribution in [-0.4, -0.2) is 43.5 Å². The van der Waals surface area contributed by atoms with Crippen LogP contribution in [0.1, 0.15) is 19.3 Å². The molecule has 74 valence electrons. The number of carbonyl (C=O) groups is 1. The summed E-state index contributed by atoms with van der Waals surface area (Å²) in [6.07, 6.45) is 3.21. The van der Waals surface area contributed by atoms with E-state index < -0.39 is 0 Å². The van der Waals surface area contributed by atoms with Gasteiger partial charge in [0, 0.05) is 13.0 Å². The van der Waals surface area contributed by atoms with Gasteiger partial charge in [0.2, 0.25) is 0 Å². The van der Waals surface area contributed by atoms with Crippen LogP contribution in [0.3, 0.4) is 0 Å². The van der Waals surface area contributed by atoms with Gasteiger partial charge in [-0.2, -0.15) is 0 Å². The molecule has 2 aliphatic heterocycles. The fourth-order valence-corrected chi connectivity index (χ4v) is 2.13. The van der Waals surface area contributed by atoms with Crippen molar-refractivity contribution in [2.45, 2.75) is 19.3 Å². The van der Waals surface area contributed by atoms with E-state index in [-0.39, 0.29) is 5.92 Å². The van der Waals surface area contributed by atoms with Crippen LogP contribution in [0, 0.1) is 5.92 Å². The molecular weight excluding hydrogens is 166 g/mol. The van der Waals surface area contributed by atoms with Crippen LogP contribution in [-0.2, 0) is 9.53 Å². The normalized spacial score (nSPS) is 31.1. The molecule has 0 amide bonds. The monoisotopic (exact) mass is 183 g/mol. The SMILES string of the molecule is O=C1CCOCC1CN1CCCC1. The molecule has 0 N–H and O–H groups in total. The summed E-state index contributed by atoms with van der Waals surface area (Å²) in [5.41, 5.74) is 0. The number of likely N-dealkylation sites (tertiary alicyclic amines) is 1. The lowest BCUT2D eigenvalue weighted by Gasteiger charge is -2.25. The summed E-state index contributed by atoms with van der Waals surface area (Å²) in [6.45, 7) is 4.55. The van der Waals surface area contributed by atoms with E-state index >= 15 is 0 Å². The van der Waals surface area contributed by atoms with Crippen LogP contribution in [0.5, 0.6) is 0 Å². The quantitative estimate of drug-likeness (QED) is 0.630. The lowest BCUT2D eigenvalue weighted by Crippen LogP contribution is -2.37. The van der Waals surface area contributed by atoms with Crippen molar-refractivity contribution in [1.82, 2.24) is 4.90 Å². The molecule has 0 spiro atoms. The van der Waals surface area contributed by atoms with E-state index in [2.05, 4.69) is 4.90 Å². The Bertz CT molecular complexity index is 187. The Kier molecular flexibility index (Phi) is 2.96. The molecule has 0 aliphatic carbocycles. The Balaban J connectivity index is 1.81. The summed E-state index contributed by atoms with van der Waals surface area (Å²) in [5, 5.41) is 0. The van der Waals surface area contributed by atoms with E-state index in [0.717, 1.165) is 6.54 Å². The number of nitrogens with zero attached hydrogens (tertiary/aromatic N) is 1. The molecule has 2 heterocycles. The van der Waals surface area contributed by atoms with Crippen molar-refractivity contribution in [2.75, 3.05) is 32.8 Å². The van der Waals surface area contributed by atoms with Crippen molar-refractivity contribution in [3.8, 4) is 0 Å². The summed E-state index contributed by atoms with van der Waals surface area (Å²) in [7, 11) is 0. The minimum absolute atomic E-state index is 0.159. The van der Waals surface area contributed by atoms with Gasteiger partial charge in [0.05, 0.1) is 19.1 Å². The number of carbonyl (C=O) groups excluding carboxylic acids is 1. The predicted octanol–water partition coefficient (Wildman–Crippen LogP) is 0.688. The molecule has 2 aliphatic rings. The molecule has 2 rings (SSSR count). The maximum atomic E-state index is 11.5. The minimum Gasteiger partial charge on any atom is -0.380 e. The maximum absolute atomic E-state index is 11.5. The second-order valence-electron chi connectivity index (χ2n) is 4.00.